The third kappa shape index (κ3) is 4.19. The van der Waals surface area contributed by atoms with Crippen LogP contribution in [0.2, 0.25) is 0 Å². The zero-order chi connectivity index (χ0) is 15.3. The number of nitrogens with zero attached hydrogens (tertiary/aromatic N) is 1. The van der Waals surface area contributed by atoms with Gasteiger partial charge in [-0.05, 0) is 12.0 Å². The van der Waals surface area contributed by atoms with Gasteiger partial charge in [-0.1, -0.05) is 29.8 Å². The first-order valence-electron chi connectivity index (χ1n) is 6.11. The molecular weight excluding hydrogens is 328 g/mol. The van der Waals surface area contributed by atoms with Gasteiger partial charge in [-0.25, -0.2) is 0 Å². The Bertz CT molecular complexity index is 505. The van der Waals surface area contributed by atoms with E-state index in [4.69, 9.17) is 4.74 Å². The highest BCUT2D eigenvalue weighted by atomic mass is 79.9. The maximum atomic E-state index is 12.1. The number of benzene rings is 1. The maximum Gasteiger partial charge on any atom is 0.273 e. The number of ether oxygens (including phenoxy) is 1. The van der Waals surface area contributed by atoms with Crippen molar-refractivity contribution >= 4 is 27.5 Å². The van der Waals surface area contributed by atoms with Gasteiger partial charge in [-0.2, -0.15) is 0 Å². The zero-order valence-electron chi connectivity index (χ0n) is 11.6. The van der Waals surface area contributed by atoms with Crippen LogP contribution in [0.4, 0.5) is 5.69 Å². The van der Waals surface area contributed by atoms with Crippen LogP contribution >= 0.6 is 15.9 Å². The molecule has 20 heavy (non-hydrogen) atoms. The summed E-state index contributed by atoms with van der Waals surface area (Å²) in [5.74, 6) is 0.253. The van der Waals surface area contributed by atoms with Gasteiger partial charge in [0.2, 0.25) is 0 Å². The zero-order valence-corrected chi connectivity index (χ0v) is 13.1. The van der Waals surface area contributed by atoms with Gasteiger partial charge < -0.3 is 10.1 Å². The van der Waals surface area contributed by atoms with E-state index in [0.717, 1.165) is 0 Å². The van der Waals surface area contributed by atoms with E-state index >= 15 is 0 Å². The van der Waals surface area contributed by atoms with Crippen molar-refractivity contribution in [3.05, 3.63) is 33.9 Å². The Kier molecular flexibility index (Phi) is 5.94. The van der Waals surface area contributed by atoms with E-state index in [0.29, 0.717) is 12.5 Å². The molecule has 0 fully saturated rings. The molecule has 1 rings (SSSR count). The molecule has 1 aromatic rings. The molecule has 0 saturated heterocycles. The lowest BCUT2D eigenvalue weighted by atomic mass is 10.1. The topological polar surface area (TPSA) is 81.5 Å². The van der Waals surface area contributed by atoms with Crippen LogP contribution in [0.1, 0.15) is 24.2 Å². The van der Waals surface area contributed by atoms with Crippen molar-refractivity contribution in [1.82, 2.24) is 5.32 Å². The number of amides is 1. The molecule has 1 amide bonds. The Balaban J connectivity index is 2.85. The number of rotatable bonds is 6. The van der Waals surface area contributed by atoms with E-state index in [1.54, 1.807) is 0 Å². The average Bonchev–Trinajstić information content (AvgIpc) is 2.43. The summed E-state index contributed by atoms with van der Waals surface area (Å²) >= 11 is 3.47. The average molecular weight is 345 g/mol. The van der Waals surface area contributed by atoms with Crippen molar-refractivity contribution < 1.29 is 14.5 Å². The minimum absolute atomic E-state index is 0.112. The number of carbonyl (C=O) groups is 1. The van der Waals surface area contributed by atoms with Crippen molar-refractivity contribution in [3.8, 4) is 5.75 Å². The van der Waals surface area contributed by atoms with E-state index in [2.05, 4.69) is 21.2 Å². The third-order valence-corrected chi connectivity index (χ3v) is 4.20. The molecule has 1 aromatic carbocycles. The molecular formula is C13H17BrN2O4. The Morgan fingerprint density at radius 1 is 1.50 bits per heavy atom. The van der Waals surface area contributed by atoms with Crippen molar-refractivity contribution in [1.29, 1.82) is 0 Å². The normalized spacial score (nSPS) is 12.1. The molecule has 1 atom stereocenters. The Morgan fingerprint density at radius 2 is 2.15 bits per heavy atom. The summed E-state index contributed by atoms with van der Waals surface area (Å²) in [4.78, 5) is 22.4. The molecule has 0 saturated carbocycles. The van der Waals surface area contributed by atoms with Crippen LogP contribution in [0.3, 0.4) is 0 Å². The number of alkyl halides is 1. The van der Waals surface area contributed by atoms with Gasteiger partial charge in [0.25, 0.3) is 11.6 Å². The summed E-state index contributed by atoms with van der Waals surface area (Å²) in [6.07, 6.45) is 0. The van der Waals surface area contributed by atoms with Crippen LogP contribution < -0.4 is 10.1 Å². The van der Waals surface area contributed by atoms with Crippen LogP contribution in [0, 0.1) is 16.0 Å². The molecule has 7 heteroatoms. The molecule has 0 heterocycles. The van der Waals surface area contributed by atoms with Crippen molar-refractivity contribution in [2.24, 2.45) is 5.92 Å². The standard InChI is InChI=1S/C13H17BrN2O4/c1-8(2)11(14)7-15-13(17)10-5-4-9(16(18)19)6-12(10)20-3/h4-6,8,11H,7H2,1-3H3,(H,15,17). The molecule has 1 unspecified atom stereocenters. The minimum atomic E-state index is -0.530. The first kappa shape index (κ1) is 16.4. The number of hydrogen-bond acceptors (Lipinski definition) is 4. The fourth-order valence-corrected chi connectivity index (χ4v) is 1.66. The second-order valence-electron chi connectivity index (χ2n) is 4.61. The van der Waals surface area contributed by atoms with Gasteiger partial charge in [-0.15, -0.1) is 0 Å². The molecule has 0 aliphatic carbocycles. The lowest BCUT2D eigenvalue weighted by Gasteiger charge is -2.15. The van der Waals surface area contributed by atoms with Gasteiger partial charge in [0, 0.05) is 17.4 Å². The summed E-state index contributed by atoms with van der Waals surface area (Å²) in [5.41, 5.74) is 0.167. The third-order valence-electron chi connectivity index (χ3n) is 2.82. The summed E-state index contributed by atoms with van der Waals surface area (Å²) in [6.45, 7) is 4.55. The summed E-state index contributed by atoms with van der Waals surface area (Å²) in [6, 6.07) is 3.92. The van der Waals surface area contributed by atoms with Crippen molar-refractivity contribution in [2.45, 2.75) is 18.7 Å². The number of carbonyl (C=O) groups excluding carboxylic acids is 1. The highest BCUT2D eigenvalue weighted by Crippen LogP contribution is 2.24. The van der Waals surface area contributed by atoms with E-state index in [9.17, 15) is 14.9 Å². The fourth-order valence-electron chi connectivity index (χ4n) is 1.50. The molecule has 110 valence electrons. The summed E-state index contributed by atoms with van der Waals surface area (Å²) in [7, 11) is 1.37. The number of methoxy groups -OCH3 is 1. The summed E-state index contributed by atoms with van der Waals surface area (Å²) < 4.78 is 5.03. The lowest BCUT2D eigenvalue weighted by molar-refractivity contribution is -0.384. The second-order valence-corrected chi connectivity index (χ2v) is 5.79. The van der Waals surface area contributed by atoms with E-state index < -0.39 is 4.92 Å². The van der Waals surface area contributed by atoms with Crippen molar-refractivity contribution in [3.63, 3.8) is 0 Å². The molecule has 0 bridgehead atoms. The predicted molar refractivity (Wildman–Crippen MR) is 79.5 cm³/mol. The Labute approximate surface area is 125 Å². The van der Waals surface area contributed by atoms with Crippen LogP contribution in [-0.4, -0.2) is 29.3 Å². The van der Waals surface area contributed by atoms with Crippen LogP contribution in [0.15, 0.2) is 18.2 Å². The van der Waals surface area contributed by atoms with Crippen LogP contribution in [0.5, 0.6) is 5.75 Å². The summed E-state index contributed by atoms with van der Waals surface area (Å²) in [5, 5.41) is 13.5. The molecule has 0 aromatic heterocycles. The highest BCUT2D eigenvalue weighted by Gasteiger charge is 2.18. The number of halogens is 1. The quantitative estimate of drug-likeness (QED) is 0.488. The molecule has 0 spiro atoms. The highest BCUT2D eigenvalue weighted by molar-refractivity contribution is 9.09. The number of nitro benzene ring substituents is 1. The second kappa shape index (κ2) is 7.23. The van der Waals surface area contributed by atoms with E-state index in [1.807, 2.05) is 13.8 Å². The first-order chi connectivity index (χ1) is 9.36. The largest absolute Gasteiger partial charge is 0.496 e. The van der Waals surface area contributed by atoms with Gasteiger partial charge in [0.05, 0.1) is 23.7 Å². The Hall–Kier alpha value is -1.63. The number of nitrogens with one attached hydrogen (secondary N) is 1. The number of hydrogen-bond donors (Lipinski definition) is 1. The Morgan fingerprint density at radius 3 is 2.65 bits per heavy atom. The molecule has 1 N–H and O–H groups in total. The van der Waals surface area contributed by atoms with Gasteiger partial charge in [-0.3, -0.25) is 14.9 Å². The maximum absolute atomic E-state index is 12.1. The molecule has 0 aliphatic heterocycles. The van der Waals surface area contributed by atoms with Gasteiger partial charge in [0.1, 0.15) is 5.75 Å². The van der Waals surface area contributed by atoms with Crippen molar-refractivity contribution in [2.75, 3.05) is 13.7 Å². The SMILES string of the molecule is COc1cc([N+](=O)[O-])ccc1C(=O)NCC(Br)C(C)C. The minimum Gasteiger partial charge on any atom is -0.496 e. The van der Waals surface area contributed by atoms with E-state index in [-0.39, 0.29) is 27.7 Å². The fraction of sp³-hybridized carbons (Fsp3) is 0.462. The predicted octanol–water partition coefficient (Wildman–Crippen LogP) is 2.75. The van der Waals surface area contributed by atoms with Gasteiger partial charge in [0.15, 0.2) is 0 Å². The van der Waals surface area contributed by atoms with Crippen LogP contribution in [-0.2, 0) is 0 Å². The van der Waals surface area contributed by atoms with Gasteiger partial charge >= 0.3 is 0 Å². The molecule has 0 radical (unpaired) electrons. The molecule has 6 nitrogen and oxygen atoms in total. The number of nitro groups is 1. The lowest BCUT2D eigenvalue weighted by Crippen LogP contribution is -2.31. The van der Waals surface area contributed by atoms with E-state index in [1.165, 1.54) is 25.3 Å². The first-order valence-corrected chi connectivity index (χ1v) is 7.03. The molecule has 0 aliphatic rings. The number of non-ortho nitro benzene ring substituents is 1. The smallest absolute Gasteiger partial charge is 0.273 e. The monoisotopic (exact) mass is 344 g/mol. The van der Waals surface area contributed by atoms with Crippen LogP contribution in [0.25, 0.3) is 0 Å².